The molecule has 0 unspecified atom stereocenters. The van der Waals surface area contributed by atoms with Crippen molar-refractivity contribution in [3.05, 3.63) is 29.8 Å². The van der Waals surface area contributed by atoms with Crippen molar-refractivity contribution in [1.29, 1.82) is 0 Å². The highest BCUT2D eigenvalue weighted by Gasteiger charge is 2.06. The fraction of sp³-hybridized carbons (Fsp3) is 0.667. The van der Waals surface area contributed by atoms with E-state index in [9.17, 15) is 0 Å². The third-order valence-electron chi connectivity index (χ3n) is 4.41. The number of hydrogen-bond acceptors (Lipinski definition) is 4. The summed E-state index contributed by atoms with van der Waals surface area (Å²) in [5, 5.41) is 6.71. The highest BCUT2D eigenvalue weighted by Crippen LogP contribution is 2.17. The number of guanidine groups is 1. The van der Waals surface area contributed by atoms with Crippen LogP contribution >= 0.6 is 24.0 Å². The van der Waals surface area contributed by atoms with E-state index in [-0.39, 0.29) is 24.0 Å². The molecule has 1 rings (SSSR count). The molecule has 0 bridgehead atoms. The molecule has 1 aromatic carbocycles. The highest BCUT2D eigenvalue weighted by molar-refractivity contribution is 14.0. The summed E-state index contributed by atoms with van der Waals surface area (Å²) in [6.07, 6.45) is 2.12. The van der Waals surface area contributed by atoms with E-state index in [2.05, 4.69) is 40.4 Å². The van der Waals surface area contributed by atoms with Gasteiger partial charge in [-0.25, -0.2) is 0 Å². The molecule has 0 saturated carbocycles. The van der Waals surface area contributed by atoms with Crippen LogP contribution in [0.4, 0.5) is 0 Å². The first-order chi connectivity index (χ1) is 13.2. The van der Waals surface area contributed by atoms with E-state index in [1.807, 2.05) is 25.1 Å². The Morgan fingerprint density at radius 2 is 1.79 bits per heavy atom. The quantitative estimate of drug-likeness (QED) is 0.175. The molecular formula is C21H39IN4O2. The normalized spacial score (nSPS) is 11.2. The molecule has 0 heterocycles. The number of ether oxygens (including phenoxy) is 2. The van der Waals surface area contributed by atoms with Crippen LogP contribution < -0.4 is 15.4 Å². The van der Waals surface area contributed by atoms with Crippen molar-refractivity contribution in [2.75, 3.05) is 53.0 Å². The first kappa shape index (κ1) is 26.9. The minimum absolute atomic E-state index is 0. The summed E-state index contributed by atoms with van der Waals surface area (Å²) in [4.78, 5) is 6.65. The molecule has 0 spiro atoms. The van der Waals surface area contributed by atoms with Crippen LogP contribution in [0, 0.1) is 0 Å². The zero-order chi connectivity index (χ0) is 19.7. The van der Waals surface area contributed by atoms with Crippen molar-refractivity contribution >= 4 is 29.9 Å². The van der Waals surface area contributed by atoms with E-state index in [0.717, 1.165) is 69.5 Å². The van der Waals surface area contributed by atoms with Crippen molar-refractivity contribution in [2.45, 2.75) is 40.2 Å². The van der Waals surface area contributed by atoms with E-state index >= 15 is 0 Å². The lowest BCUT2D eigenvalue weighted by molar-refractivity contribution is 0.143. The van der Waals surface area contributed by atoms with Crippen LogP contribution in [0.3, 0.4) is 0 Å². The van der Waals surface area contributed by atoms with Gasteiger partial charge in [0.25, 0.3) is 0 Å². The second-order valence-electron chi connectivity index (χ2n) is 6.24. The molecule has 0 amide bonds. The lowest BCUT2D eigenvalue weighted by atomic mass is 10.2. The van der Waals surface area contributed by atoms with Crippen LogP contribution in [-0.2, 0) is 11.3 Å². The maximum atomic E-state index is 6.02. The Kier molecular flexibility index (Phi) is 17.3. The molecule has 162 valence electrons. The molecule has 28 heavy (non-hydrogen) atoms. The molecule has 0 saturated heterocycles. The molecule has 6 nitrogen and oxygen atoms in total. The highest BCUT2D eigenvalue weighted by atomic mass is 127. The largest absolute Gasteiger partial charge is 0.492 e. The predicted octanol–water partition coefficient (Wildman–Crippen LogP) is 3.51. The van der Waals surface area contributed by atoms with Crippen molar-refractivity contribution in [3.63, 3.8) is 0 Å². The van der Waals surface area contributed by atoms with E-state index in [1.165, 1.54) is 0 Å². The zero-order valence-corrected chi connectivity index (χ0v) is 20.3. The second-order valence-corrected chi connectivity index (χ2v) is 6.24. The first-order valence-electron chi connectivity index (χ1n) is 10.2. The summed E-state index contributed by atoms with van der Waals surface area (Å²) < 4.78 is 11.4. The van der Waals surface area contributed by atoms with Gasteiger partial charge in [-0.3, -0.25) is 4.99 Å². The fourth-order valence-corrected chi connectivity index (χ4v) is 2.70. The van der Waals surface area contributed by atoms with Gasteiger partial charge in [0, 0.05) is 45.5 Å². The number of nitrogens with one attached hydrogen (secondary N) is 2. The maximum absolute atomic E-state index is 6.02. The molecule has 2 N–H and O–H groups in total. The third-order valence-corrected chi connectivity index (χ3v) is 4.41. The monoisotopic (exact) mass is 506 g/mol. The first-order valence-corrected chi connectivity index (χ1v) is 10.2. The van der Waals surface area contributed by atoms with Crippen LogP contribution in [0.1, 0.15) is 39.2 Å². The van der Waals surface area contributed by atoms with Crippen LogP contribution in [0.15, 0.2) is 29.3 Å². The SMILES string of the molecule is CCOCCCCNC(=NC)NCc1ccccc1OCCN(CC)CC.I. The molecule has 0 aliphatic heterocycles. The van der Waals surface area contributed by atoms with Crippen LogP contribution in [-0.4, -0.2) is 63.9 Å². The molecule has 7 heteroatoms. The Hall–Kier alpha value is -1.06. The summed E-state index contributed by atoms with van der Waals surface area (Å²) >= 11 is 0. The lowest BCUT2D eigenvalue weighted by Crippen LogP contribution is -2.37. The number of benzene rings is 1. The number of hydrogen-bond donors (Lipinski definition) is 2. The molecule has 0 atom stereocenters. The van der Waals surface area contributed by atoms with Gasteiger partial charge in [0.05, 0.1) is 0 Å². The molecule has 0 aromatic heterocycles. The summed E-state index contributed by atoms with van der Waals surface area (Å²) in [5.74, 6) is 1.74. The molecule has 0 radical (unpaired) electrons. The van der Waals surface area contributed by atoms with E-state index in [1.54, 1.807) is 7.05 Å². The number of aliphatic imine (C=N–C) groups is 1. The number of unbranched alkanes of at least 4 members (excludes halogenated alkanes) is 1. The Labute approximate surface area is 188 Å². The maximum Gasteiger partial charge on any atom is 0.191 e. The summed E-state index contributed by atoms with van der Waals surface area (Å²) in [7, 11) is 1.79. The fourth-order valence-electron chi connectivity index (χ4n) is 2.70. The molecule has 0 aliphatic carbocycles. The predicted molar refractivity (Wildman–Crippen MR) is 129 cm³/mol. The van der Waals surface area contributed by atoms with Gasteiger partial charge in [0.2, 0.25) is 0 Å². The summed E-state index contributed by atoms with van der Waals surface area (Å²) in [6.45, 7) is 13.3. The molecule has 1 aromatic rings. The van der Waals surface area contributed by atoms with Gasteiger partial charge in [-0.2, -0.15) is 0 Å². The molecule has 0 aliphatic rings. The average Bonchev–Trinajstić information content (AvgIpc) is 2.71. The third kappa shape index (κ3) is 11.7. The van der Waals surface area contributed by atoms with Crippen molar-refractivity contribution in [3.8, 4) is 5.75 Å². The molecular weight excluding hydrogens is 467 g/mol. The smallest absolute Gasteiger partial charge is 0.191 e. The van der Waals surface area contributed by atoms with Gasteiger partial charge < -0.3 is 25.0 Å². The van der Waals surface area contributed by atoms with Gasteiger partial charge in [-0.05, 0) is 38.9 Å². The number of nitrogens with zero attached hydrogens (tertiary/aromatic N) is 2. The average molecular weight is 506 g/mol. The number of para-hydroxylation sites is 1. The molecule has 0 fully saturated rings. The Morgan fingerprint density at radius 1 is 1.04 bits per heavy atom. The van der Waals surface area contributed by atoms with Crippen LogP contribution in [0.2, 0.25) is 0 Å². The van der Waals surface area contributed by atoms with Gasteiger partial charge in [0.1, 0.15) is 12.4 Å². The van der Waals surface area contributed by atoms with Gasteiger partial charge in [-0.15, -0.1) is 24.0 Å². The zero-order valence-electron chi connectivity index (χ0n) is 18.0. The van der Waals surface area contributed by atoms with Gasteiger partial charge >= 0.3 is 0 Å². The van der Waals surface area contributed by atoms with Crippen molar-refractivity contribution in [1.82, 2.24) is 15.5 Å². The standard InChI is InChI=1S/C21H38N4O2.HI/c1-5-25(6-2)15-17-27-20-13-9-8-12-19(20)18-24-21(22-4)23-14-10-11-16-26-7-3;/h8-9,12-13H,5-7,10-11,14-18H2,1-4H3,(H2,22,23,24);1H. The van der Waals surface area contributed by atoms with Crippen molar-refractivity contribution in [2.24, 2.45) is 4.99 Å². The Balaban J connectivity index is 0.00000729. The van der Waals surface area contributed by atoms with Crippen LogP contribution in [0.25, 0.3) is 0 Å². The summed E-state index contributed by atoms with van der Waals surface area (Å²) in [5.41, 5.74) is 1.14. The summed E-state index contributed by atoms with van der Waals surface area (Å²) in [6, 6.07) is 8.18. The minimum Gasteiger partial charge on any atom is -0.492 e. The number of rotatable bonds is 14. The second kappa shape index (κ2) is 18.0. The Bertz CT molecular complexity index is 525. The van der Waals surface area contributed by atoms with Crippen molar-refractivity contribution < 1.29 is 9.47 Å². The Morgan fingerprint density at radius 3 is 2.46 bits per heavy atom. The van der Waals surface area contributed by atoms with E-state index in [0.29, 0.717) is 13.2 Å². The van der Waals surface area contributed by atoms with Gasteiger partial charge in [0.15, 0.2) is 5.96 Å². The van der Waals surface area contributed by atoms with E-state index in [4.69, 9.17) is 9.47 Å². The number of likely N-dealkylation sites (N-methyl/N-ethyl adjacent to an activating group) is 1. The van der Waals surface area contributed by atoms with Gasteiger partial charge in [-0.1, -0.05) is 32.0 Å². The van der Waals surface area contributed by atoms with Crippen LogP contribution in [0.5, 0.6) is 5.75 Å². The number of halogens is 1. The van der Waals surface area contributed by atoms with E-state index < -0.39 is 0 Å². The topological polar surface area (TPSA) is 58.1 Å². The lowest BCUT2D eigenvalue weighted by Gasteiger charge is -2.19. The minimum atomic E-state index is 0.